The van der Waals surface area contributed by atoms with E-state index in [1.807, 2.05) is 0 Å². The molecule has 0 radical (unpaired) electrons. The normalized spacial score (nSPS) is 12.2. The molecule has 0 rings (SSSR count). The molecule has 0 spiro atoms. The van der Waals surface area contributed by atoms with Crippen molar-refractivity contribution in [3.63, 3.8) is 0 Å². The molecule has 0 saturated heterocycles. The lowest BCUT2D eigenvalue weighted by molar-refractivity contribution is -0.150. The minimum absolute atomic E-state index is 0.0222. The van der Waals surface area contributed by atoms with Gasteiger partial charge >= 0.3 is 11.9 Å². The van der Waals surface area contributed by atoms with Gasteiger partial charge in [-0.25, -0.2) is 0 Å². The quantitative estimate of drug-likeness (QED) is 0.0501. The van der Waals surface area contributed by atoms with Crippen molar-refractivity contribution >= 4 is 11.9 Å². The van der Waals surface area contributed by atoms with Crippen molar-refractivity contribution in [2.24, 2.45) is 0 Å². The summed E-state index contributed by atoms with van der Waals surface area (Å²) < 4.78 is 5.90. The average molecular weight is 565 g/mol. The minimum atomic E-state index is -0.670. The van der Waals surface area contributed by atoms with Gasteiger partial charge in [0.1, 0.15) is 6.10 Å². The Morgan fingerprint density at radius 2 is 0.925 bits per heavy atom. The largest absolute Gasteiger partial charge is 0.481 e. The number of ether oxygens (including phenoxy) is 1. The molecule has 0 aliphatic carbocycles. The van der Waals surface area contributed by atoms with Gasteiger partial charge in [-0.15, -0.1) is 0 Å². The number of hydrogen-bond donors (Lipinski definition) is 1. The fourth-order valence-corrected chi connectivity index (χ4v) is 5.34. The Kier molecular flexibility index (Phi) is 31.1. The molecule has 0 aliphatic heterocycles. The molecule has 1 N–H and O–H groups in total. The number of rotatable bonds is 32. The zero-order valence-electron chi connectivity index (χ0n) is 26.9. The second-order valence-corrected chi connectivity index (χ2v) is 12.1. The fourth-order valence-electron chi connectivity index (χ4n) is 5.34. The maximum atomic E-state index is 12.4. The SMILES string of the molecule is CCCCCC/C=C\CCCCCCCC(=O)OC(CCCC)CCCCCCCCCCCCCCC(=O)O. The molecular weight excluding hydrogens is 496 g/mol. The first kappa shape index (κ1) is 38.7. The monoisotopic (exact) mass is 565 g/mol. The molecule has 0 bridgehead atoms. The number of carboxylic acid groups (broad SMARTS) is 1. The number of carbonyl (C=O) groups excluding carboxylic acids is 1. The van der Waals surface area contributed by atoms with Crippen molar-refractivity contribution in [3.05, 3.63) is 12.2 Å². The highest BCUT2D eigenvalue weighted by molar-refractivity contribution is 5.69. The molecule has 4 nitrogen and oxygen atoms in total. The van der Waals surface area contributed by atoms with Gasteiger partial charge in [0.05, 0.1) is 0 Å². The van der Waals surface area contributed by atoms with Crippen LogP contribution in [0.1, 0.15) is 200 Å². The van der Waals surface area contributed by atoms with Gasteiger partial charge in [-0.2, -0.15) is 0 Å². The van der Waals surface area contributed by atoms with Gasteiger partial charge in [0, 0.05) is 12.8 Å². The summed E-state index contributed by atoms with van der Waals surface area (Å²) in [5, 5.41) is 8.66. The smallest absolute Gasteiger partial charge is 0.306 e. The molecule has 4 heteroatoms. The van der Waals surface area contributed by atoms with Crippen LogP contribution >= 0.6 is 0 Å². The number of carbonyl (C=O) groups is 2. The Hall–Kier alpha value is -1.32. The highest BCUT2D eigenvalue weighted by Gasteiger charge is 2.13. The van der Waals surface area contributed by atoms with E-state index in [2.05, 4.69) is 26.0 Å². The number of aliphatic carboxylic acids is 1. The van der Waals surface area contributed by atoms with Gasteiger partial charge < -0.3 is 9.84 Å². The number of hydrogen-bond acceptors (Lipinski definition) is 3. The third kappa shape index (κ3) is 31.2. The summed E-state index contributed by atoms with van der Waals surface area (Å²) >= 11 is 0. The van der Waals surface area contributed by atoms with Crippen LogP contribution in [0.5, 0.6) is 0 Å². The Labute approximate surface area is 249 Å². The lowest BCUT2D eigenvalue weighted by atomic mass is 10.0. The molecule has 0 aromatic carbocycles. The number of carboxylic acids is 1. The average Bonchev–Trinajstić information content (AvgIpc) is 2.94. The van der Waals surface area contributed by atoms with E-state index in [0.29, 0.717) is 12.8 Å². The summed E-state index contributed by atoms with van der Waals surface area (Å²) in [6.45, 7) is 4.47. The van der Waals surface area contributed by atoms with E-state index in [1.165, 1.54) is 122 Å². The van der Waals surface area contributed by atoms with Crippen LogP contribution in [-0.2, 0) is 14.3 Å². The maximum absolute atomic E-state index is 12.4. The van der Waals surface area contributed by atoms with Gasteiger partial charge in [-0.3, -0.25) is 9.59 Å². The lowest BCUT2D eigenvalue weighted by Crippen LogP contribution is -2.18. The molecule has 1 unspecified atom stereocenters. The van der Waals surface area contributed by atoms with E-state index in [-0.39, 0.29) is 12.1 Å². The van der Waals surface area contributed by atoms with E-state index in [1.54, 1.807) is 0 Å². The van der Waals surface area contributed by atoms with Crippen LogP contribution in [0.15, 0.2) is 12.2 Å². The summed E-state index contributed by atoms with van der Waals surface area (Å²) in [5.74, 6) is -0.648. The van der Waals surface area contributed by atoms with E-state index in [4.69, 9.17) is 9.84 Å². The second-order valence-electron chi connectivity index (χ2n) is 12.1. The summed E-state index contributed by atoms with van der Waals surface area (Å²) in [6.07, 6.45) is 38.4. The van der Waals surface area contributed by atoms with E-state index >= 15 is 0 Å². The number of allylic oxidation sites excluding steroid dienone is 2. The molecular formula is C36H68O4. The van der Waals surface area contributed by atoms with Gasteiger partial charge in [0.15, 0.2) is 0 Å². The Morgan fingerprint density at radius 3 is 1.43 bits per heavy atom. The van der Waals surface area contributed by atoms with Crippen LogP contribution in [-0.4, -0.2) is 23.1 Å². The summed E-state index contributed by atoms with van der Waals surface area (Å²) in [7, 11) is 0. The molecule has 1 atom stereocenters. The van der Waals surface area contributed by atoms with E-state index in [0.717, 1.165) is 51.4 Å². The van der Waals surface area contributed by atoms with Crippen LogP contribution in [0.3, 0.4) is 0 Å². The molecule has 0 fully saturated rings. The number of esters is 1. The van der Waals surface area contributed by atoms with Crippen molar-refractivity contribution in [2.75, 3.05) is 0 Å². The molecule has 236 valence electrons. The summed E-state index contributed by atoms with van der Waals surface area (Å²) in [5.41, 5.74) is 0. The van der Waals surface area contributed by atoms with Crippen LogP contribution in [0, 0.1) is 0 Å². The fraction of sp³-hybridized carbons (Fsp3) is 0.889. The van der Waals surface area contributed by atoms with E-state index in [9.17, 15) is 9.59 Å². The Morgan fingerprint density at radius 1 is 0.525 bits per heavy atom. The molecule has 0 heterocycles. The topological polar surface area (TPSA) is 63.6 Å². The Bertz CT molecular complexity index is 571. The molecule has 0 saturated carbocycles. The number of unbranched alkanes of at least 4 members (excludes halogenated alkanes) is 21. The molecule has 0 aliphatic rings. The first-order valence-electron chi connectivity index (χ1n) is 17.7. The van der Waals surface area contributed by atoms with Crippen molar-refractivity contribution in [2.45, 2.75) is 206 Å². The lowest BCUT2D eigenvalue weighted by Gasteiger charge is -2.18. The summed E-state index contributed by atoms with van der Waals surface area (Å²) in [4.78, 5) is 22.9. The van der Waals surface area contributed by atoms with Gasteiger partial charge in [0.2, 0.25) is 0 Å². The second kappa shape index (κ2) is 32.2. The molecule has 0 aromatic heterocycles. The van der Waals surface area contributed by atoms with Crippen LogP contribution < -0.4 is 0 Å². The first-order chi connectivity index (χ1) is 19.6. The van der Waals surface area contributed by atoms with Crippen LogP contribution in [0.4, 0.5) is 0 Å². The third-order valence-electron chi connectivity index (χ3n) is 7.99. The van der Waals surface area contributed by atoms with Crippen LogP contribution in [0.25, 0.3) is 0 Å². The van der Waals surface area contributed by atoms with Crippen molar-refractivity contribution in [1.29, 1.82) is 0 Å². The zero-order valence-corrected chi connectivity index (χ0v) is 26.9. The first-order valence-corrected chi connectivity index (χ1v) is 17.7. The van der Waals surface area contributed by atoms with Crippen molar-refractivity contribution in [1.82, 2.24) is 0 Å². The third-order valence-corrected chi connectivity index (χ3v) is 7.99. The predicted octanol–water partition coefficient (Wildman–Crippen LogP) is 11.9. The standard InChI is InChI=1S/C36H68O4/c1-3-5-7-8-9-10-11-12-17-20-23-26-29-33-36(39)40-34(30-6-4-2)31-27-24-21-18-15-13-14-16-19-22-25-28-32-35(37)38/h10-11,34H,3-9,12-33H2,1-2H3,(H,37,38)/b11-10-. The van der Waals surface area contributed by atoms with Crippen molar-refractivity contribution < 1.29 is 19.4 Å². The predicted molar refractivity (Wildman–Crippen MR) is 172 cm³/mol. The highest BCUT2D eigenvalue weighted by atomic mass is 16.5. The maximum Gasteiger partial charge on any atom is 0.306 e. The van der Waals surface area contributed by atoms with Gasteiger partial charge in [-0.05, 0) is 57.8 Å². The Balaban J connectivity index is 3.66. The zero-order chi connectivity index (χ0) is 29.4. The highest BCUT2D eigenvalue weighted by Crippen LogP contribution is 2.18. The van der Waals surface area contributed by atoms with Crippen molar-refractivity contribution in [3.8, 4) is 0 Å². The van der Waals surface area contributed by atoms with E-state index < -0.39 is 5.97 Å². The minimum Gasteiger partial charge on any atom is -0.481 e. The molecule has 40 heavy (non-hydrogen) atoms. The summed E-state index contributed by atoms with van der Waals surface area (Å²) in [6, 6.07) is 0. The van der Waals surface area contributed by atoms with Gasteiger partial charge in [-0.1, -0.05) is 142 Å². The molecule has 0 aromatic rings. The molecule has 0 amide bonds. The van der Waals surface area contributed by atoms with Crippen LogP contribution in [0.2, 0.25) is 0 Å². The van der Waals surface area contributed by atoms with Gasteiger partial charge in [0.25, 0.3) is 0 Å².